The normalized spacial score (nSPS) is 14.1. The van der Waals surface area contributed by atoms with E-state index in [1.54, 1.807) is 24.7 Å². The number of nitrogens with zero attached hydrogens (tertiary/aromatic N) is 2. The summed E-state index contributed by atoms with van der Waals surface area (Å²) in [5.74, 6) is -1.28. The van der Waals surface area contributed by atoms with E-state index in [-0.39, 0.29) is 16.2 Å². The van der Waals surface area contributed by atoms with Crippen molar-refractivity contribution >= 4 is 21.6 Å². The molecule has 38 heavy (non-hydrogen) atoms. The number of imidazole rings is 1. The lowest BCUT2D eigenvalue weighted by Gasteiger charge is -2.25. The molecule has 0 radical (unpaired) electrons. The van der Waals surface area contributed by atoms with Gasteiger partial charge < -0.3 is 14.4 Å². The molecule has 1 aliphatic carbocycles. The molecular formula is C29H26N2O6S. The van der Waals surface area contributed by atoms with Gasteiger partial charge in [-0.25, -0.2) is 18.2 Å². The molecule has 0 bridgehead atoms. The molecule has 1 aliphatic rings. The number of ether oxygens (including phenoxy) is 1. The zero-order valence-electron chi connectivity index (χ0n) is 20.5. The first-order valence-corrected chi connectivity index (χ1v) is 13.9. The maximum Gasteiger partial charge on any atom is 0.335 e. The van der Waals surface area contributed by atoms with Crippen molar-refractivity contribution in [3.63, 3.8) is 0 Å². The van der Waals surface area contributed by atoms with Crippen molar-refractivity contribution in [3.05, 3.63) is 113 Å². The summed E-state index contributed by atoms with van der Waals surface area (Å²) in [4.78, 5) is 28.2. The lowest BCUT2D eigenvalue weighted by atomic mass is 9.87. The van der Waals surface area contributed by atoms with Crippen LogP contribution in [0, 0.1) is 0 Å². The summed E-state index contributed by atoms with van der Waals surface area (Å²) in [7, 11) is -3.96. The Hall–Kier alpha value is -4.24. The average Bonchev–Trinajstić information content (AvgIpc) is 3.43. The number of aromatic nitrogens is 2. The predicted molar refractivity (Wildman–Crippen MR) is 140 cm³/mol. The fourth-order valence-corrected chi connectivity index (χ4v) is 6.22. The van der Waals surface area contributed by atoms with Gasteiger partial charge in [-0.3, -0.25) is 4.79 Å². The molecule has 0 saturated heterocycles. The summed E-state index contributed by atoms with van der Waals surface area (Å²) in [5, 5.41) is 9.35. The molecule has 1 N–H and O–H groups in total. The number of carboxylic acid groups (broad SMARTS) is 1. The summed E-state index contributed by atoms with van der Waals surface area (Å²) < 4.78 is 35.5. The van der Waals surface area contributed by atoms with Crippen LogP contribution in [0.15, 0.2) is 90.3 Å². The van der Waals surface area contributed by atoms with Gasteiger partial charge in [-0.2, -0.15) is 0 Å². The second-order valence-electron chi connectivity index (χ2n) is 9.21. The monoisotopic (exact) mass is 530 g/mol. The van der Waals surface area contributed by atoms with Crippen LogP contribution in [0.4, 0.5) is 0 Å². The molecule has 0 amide bonds. The Labute approximate surface area is 220 Å². The van der Waals surface area contributed by atoms with Gasteiger partial charge >= 0.3 is 5.97 Å². The third-order valence-corrected chi connectivity index (χ3v) is 8.31. The van der Waals surface area contributed by atoms with Crippen LogP contribution >= 0.6 is 0 Å². The number of sulfone groups is 1. The van der Waals surface area contributed by atoms with Crippen molar-refractivity contribution in [2.75, 3.05) is 0 Å². The second-order valence-corrected chi connectivity index (χ2v) is 11.2. The van der Waals surface area contributed by atoms with Crippen LogP contribution in [-0.2, 0) is 28.6 Å². The zero-order chi connectivity index (χ0) is 26.7. The largest absolute Gasteiger partial charge is 0.484 e. The Morgan fingerprint density at radius 2 is 1.87 bits per heavy atom. The summed E-state index contributed by atoms with van der Waals surface area (Å²) in [5.41, 5.74) is 2.41. The third-order valence-electron chi connectivity index (χ3n) is 6.67. The zero-order valence-corrected chi connectivity index (χ0v) is 21.3. The lowest BCUT2D eigenvalue weighted by Crippen LogP contribution is -2.19. The predicted octanol–water partition coefficient (Wildman–Crippen LogP) is 4.89. The molecule has 1 unspecified atom stereocenters. The van der Waals surface area contributed by atoms with Crippen molar-refractivity contribution in [2.45, 2.75) is 42.6 Å². The molecule has 1 aromatic heterocycles. The van der Waals surface area contributed by atoms with E-state index in [1.165, 1.54) is 18.2 Å². The highest BCUT2D eigenvalue weighted by atomic mass is 32.2. The number of ketones is 1. The van der Waals surface area contributed by atoms with E-state index in [2.05, 4.69) is 4.98 Å². The van der Waals surface area contributed by atoms with Crippen LogP contribution in [0.2, 0.25) is 0 Å². The Morgan fingerprint density at radius 1 is 1.05 bits per heavy atom. The molecule has 0 spiro atoms. The standard InChI is InChI=1S/C29H26N2O6S/c32-26-11-5-10-23-24(26)12-13-27(25(23)18-38(35,36)22-9-4-8-21(16-22)29(33)34)37-28(17-31-15-14-30-19-31)20-6-2-1-3-7-20/h1-4,6-9,12-16,19,28H,5,10-11,17-18H2,(H,33,34). The van der Waals surface area contributed by atoms with Gasteiger partial charge in [-0.15, -0.1) is 0 Å². The molecule has 4 aromatic rings. The quantitative estimate of drug-likeness (QED) is 0.327. The summed E-state index contributed by atoms with van der Waals surface area (Å²) in [6, 6.07) is 18.3. The van der Waals surface area contributed by atoms with Crippen LogP contribution < -0.4 is 4.74 Å². The summed E-state index contributed by atoms with van der Waals surface area (Å²) in [6.45, 7) is 0.437. The van der Waals surface area contributed by atoms with Gasteiger partial charge in [0, 0.05) is 29.9 Å². The Morgan fingerprint density at radius 3 is 2.61 bits per heavy atom. The molecule has 9 heteroatoms. The summed E-state index contributed by atoms with van der Waals surface area (Å²) in [6.07, 6.45) is 6.31. The highest BCUT2D eigenvalue weighted by Crippen LogP contribution is 2.36. The van der Waals surface area contributed by atoms with Gasteiger partial charge in [0.1, 0.15) is 11.9 Å². The minimum Gasteiger partial charge on any atom is -0.484 e. The Balaban J connectivity index is 1.58. The average molecular weight is 531 g/mol. The molecule has 0 aliphatic heterocycles. The molecule has 1 atom stereocenters. The van der Waals surface area contributed by atoms with E-state index in [4.69, 9.17) is 4.74 Å². The van der Waals surface area contributed by atoms with Gasteiger partial charge in [-0.05, 0) is 54.3 Å². The molecule has 0 fully saturated rings. The topological polar surface area (TPSA) is 116 Å². The van der Waals surface area contributed by atoms with Gasteiger partial charge in [-0.1, -0.05) is 36.4 Å². The number of fused-ring (bicyclic) bond motifs is 1. The summed E-state index contributed by atoms with van der Waals surface area (Å²) >= 11 is 0. The first kappa shape index (κ1) is 25.4. The molecule has 0 saturated carbocycles. The van der Waals surface area contributed by atoms with Crippen LogP contribution in [0.5, 0.6) is 5.75 Å². The van der Waals surface area contributed by atoms with Crippen molar-refractivity contribution < 1.29 is 27.9 Å². The van der Waals surface area contributed by atoms with Crippen molar-refractivity contribution in [1.29, 1.82) is 0 Å². The number of carboxylic acids is 1. The Kier molecular flexibility index (Phi) is 7.11. The van der Waals surface area contributed by atoms with Crippen LogP contribution in [0.1, 0.15) is 56.4 Å². The molecule has 8 nitrogen and oxygen atoms in total. The second kappa shape index (κ2) is 10.6. The highest BCUT2D eigenvalue weighted by molar-refractivity contribution is 7.90. The van der Waals surface area contributed by atoms with Gasteiger partial charge in [0.15, 0.2) is 15.6 Å². The number of hydrogen-bond acceptors (Lipinski definition) is 6. The van der Waals surface area contributed by atoms with Gasteiger partial charge in [0.05, 0.1) is 29.1 Å². The van der Waals surface area contributed by atoms with Crippen molar-refractivity contribution in [1.82, 2.24) is 9.55 Å². The first-order valence-electron chi connectivity index (χ1n) is 12.2. The van der Waals surface area contributed by atoms with Crippen LogP contribution in [0.25, 0.3) is 0 Å². The minimum absolute atomic E-state index is 0.0256. The highest BCUT2D eigenvalue weighted by Gasteiger charge is 2.28. The smallest absolute Gasteiger partial charge is 0.335 e. The van der Waals surface area contributed by atoms with E-state index in [0.29, 0.717) is 48.2 Å². The maximum atomic E-state index is 13.6. The van der Waals surface area contributed by atoms with E-state index in [1.807, 2.05) is 41.1 Å². The molecular weight excluding hydrogens is 504 g/mol. The van der Waals surface area contributed by atoms with E-state index in [9.17, 15) is 23.1 Å². The molecule has 5 rings (SSSR count). The maximum absolute atomic E-state index is 13.6. The van der Waals surface area contributed by atoms with Gasteiger partial charge in [0.25, 0.3) is 0 Å². The molecule has 1 heterocycles. The third kappa shape index (κ3) is 5.38. The SMILES string of the molecule is O=C(O)c1cccc(S(=O)(=O)Cc2c(OC(Cn3ccnc3)c3ccccc3)ccc3c2CCCC3=O)c1. The number of rotatable bonds is 9. The number of benzene rings is 3. The molecule has 194 valence electrons. The Bertz CT molecular complexity index is 1580. The number of hydrogen-bond donors (Lipinski definition) is 1. The number of aromatic carboxylic acids is 1. The van der Waals surface area contributed by atoms with Gasteiger partial charge in [0.2, 0.25) is 0 Å². The first-order chi connectivity index (χ1) is 18.3. The number of Topliss-reactive ketones (excluding diaryl/α,β-unsaturated/α-hetero) is 1. The molecule has 3 aromatic carbocycles. The minimum atomic E-state index is -3.96. The van der Waals surface area contributed by atoms with Crippen molar-refractivity contribution in [2.24, 2.45) is 0 Å². The van der Waals surface area contributed by atoms with Crippen LogP contribution in [-0.4, -0.2) is 34.8 Å². The fraction of sp³-hybridized carbons (Fsp3) is 0.207. The van der Waals surface area contributed by atoms with E-state index in [0.717, 1.165) is 11.6 Å². The fourth-order valence-electron chi connectivity index (χ4n) is 4.76. The van der Waals surface area contributed by atoms with E-state index < -0.39 is 27.7 Å². The van der Waals surface area contributed by atoms with Crippen LogP contribution in [0.3, 0.4) is 0 Å². The lowest BCUT2D eigenvalue weighted by molar-refractivity contribution is 0.0696. The van der Waals surface area contributed by atoms with Crippen molar-refractivity contribution in [3.8, 4) is 5.75 Å². The van der Waals surface area contributed by atoms with E-state index >= 15 is 0 Å². The number of carbonyl (C=O) groups excluding carboxylic acids is 1. The number of carbonyl (C=O) groups is 2.